The zero-order valence-corrected chi connectivity index (χ0v) is 27.6. The summed E-state index contributed by atoms with van der Waals surface area (Å²) in [6.07, 6.45) is 1.00. The molecule has 4 aromatic rings. The summed E-state index contributed by atoms with van der Waals surface area (Å²) in [7, 11) is -4.14. The molecule has 7 nitrogen and oxygen atoms in total. The summed E-state index contributed by atoms with van der Waals surface area (Å²) in [6.45, 7) is 9.35. The molecule has 0 bridgehead atoms. The van der Waals surface area contributed by atoms with E-state index in [1.165, 1.54) is 0 Å². The topological polar surface area (TPSA) is 86.8 Å². The molecular formula is C37H43N3O4S. The fourth-order valence-electron chi connectivity index (χ4n) is 5.04. The largest absolute Gasteiger partial charge is 0.352 e. The molecule has 0 heterocycles. The minimum atomic E-state index is -4.14. The molecule has 0 saturated carbocycles. The van der Waals surface area contributed by atoms with E-state index in [1.54, 1.807) is 41.3 Å². The fraction of sp³-hybridized carbons (Fsp3) is 0.297. The maximum atomic E-state index is 14.6. The highest BCUT2D eigenvalue weighted by atomic mass is 32.2. The van der Waals surface area contributed by atoms with Crippen molar-refractivity contribution in [3.05, 3.63) is 131 Å². The summed E-state index contributed by atoms with van der Waals surface area (Å²) in [5.41, 5.74) is 5.00. The van der Waals surface area contributed by atoms with Crippen molar-refractivity contribution in [3.8, 4) is 0 Å². The summed E-state index contributed by atoms with van der Waals surface area (Å²) < 4.78 is 29.5. The quantitative estimate of drug-likeness (QED) is 0.187. The lowest BCUT2D eigenvalue weighted by atomic mass is 10.0. The van der Waals surface area contributed by atoms with Crippen molar-refractivity contribution in [1.82, 2.24) is 10.2 Å². The summed E-state index contributed by atoms with van der Waals surface area (Å²) in [5, 5.41) is 3.07. The van der Waals surface area contributed by atoms with Crippen LogP contribution in [0.15, 0.2) is 108 Å². The lowest BCUT2D eigenvalue weighted by molar-refractivity contribution is -0.140. The number of carbonyl (C=O) groups is 2. The summed E-state index contributed by atoms with van der Waals surface area (Å²) >= 11 is 0. The number of benzene rings is 4. The van der Waals surface area contributed by atoms with E-state index >= 15 is 0 Å². The highest BCUT2D eigenvalue weighted by molar-refractivity contribution is 7.92. The third-order valence-electron chi connectivity index (χ3n) is 8.08. The van der Waals surface area contributed by atoms with Gasteiger partial charge < -0.3 is 10.2 Å². The zero-order chi connectivity index (χ0) is 32.6. The summed E-state index contributed by atoms with van der Waals surface area (Å²) in [6, 6.07) is 30.0. The second-order valence-electron chi connectivity index (χ2n) is 11.6. The van der Waals surface area contributed by atoms with Crippen LogP contribution in [0.3, 0.4) is 0 Å². The monoisotopic (exact) mass is 625 g/mol. The molecular weight excluding hydrogens is 582 g/mol. The number of anilines is 1. The van der Waals surface area contributed by atoms with E-state index in [4.69, 9.17) is 0 Å². The molecule has 0 radical (unpaired) electrons. The fourth-order valence-corrected chi connectivity index (χ4v) is 6.46. The van der Waals surface area contributed by atoms with Gasteiger partial charge in [-0.15, -0.1) is 0 Å². The Kier molecular flexibility index (Phi) is 11.2. The van der Waals surface area contributed by atoms with Crippen LogP contribution in [-0.4, -0.2) is 43.8 Å². The molecule has 236 valence electrons. The number of aryl methyl sites for hydroxylation is 3. The van der Waals surface area contributed by atoms with E-state index in [1.807, 2.05) is 101 Å². The normalized spacial score (nSPS) is 12.6. The Morgan fingerprint density at radius 1 is 0.778 bits per heavy atom. The maximum absolute atomic E-state index is 14.6. The number of nitrogens with one attached hydrogen (secondary N) is 1. The number of amides is 2. The lowest BCUT2D eigenvalue weighted by Gasteiger charge is -2.34. The van der Waals surface area contributed by atoms with Crippen molar-refractivity contribution in [2.75, 3.05) is 10.8 Å². The van der Waals surface area contributed by atoms with E-state index in [0.29, 0.717) is 5.69 Å². The average molecular weight is 626 g/mol. The maximum Gasteiger partial charge on any atom is 0.264 e. The van der Waals surface area contributed by atoms with Crippen molar-refractivity contribution in [2.24, 2.45) is 0 Å². The minimum absolute atomic E-state index is 0.0854. The highest BCUT2D eigenvalue weighted by Crippen LogP contribution is 2.26. The van der Waals surface area contributed by atoms with Crippen molar-refractivity contribution >= 4 is 27.5 Å². The van der Waals surface area contributed by atoms with Crippen LogP contribution in [0.5, 0.6) is 0 Å². The van der Waals surface area contributed by atoms with E-state index in [2.05, 4.69) is 5.32 Å². The first-order valence-corrected chi connectivity index (χ1v) is 16.8. The first kappa shape index (κ1) is 33.5. The molecule has 1 N–H and O–H groups in total. The third-order valence-corrected chi connectivity index (χ3v) is 9.87. The van der Waals surface area contributed by atoms with Gasteiger partial charge >= 0.3 is 0 Å². The Labute approximate surface area is 268 Å². The highest BCUT2D eigenvalue weighted by Gasteiger charge is 2.35. The number of sulfonamides is 1. The van der Waals surface area contributed by atoms with Crippen LogP contribution in [0.25, 0.3) is 0 Å². The molecule has 0 aliphatic heterocycles. The van der Waals surface area contributed by atoms with Crippen LogP contribution >= 0.6 is 0 Å². The second-order valence-corrected chi connectivity index (χ2v) is 13.5. The number of carbonyl (C=O) groups excluding carboxylic acids is 2. The summed E-state index contributed by atoms with van der Waals surface area (Å²) in [4.78, 5) is 30.1. The number of rotatable bonds is 13. The zero-order valence-electron chi connectivity index (χ0n) is 26.7. The molecule has 0 aliphatic rings. The molecule has 2 atom stereocenters. The smallest absolute Gasteiger partial charge is 0.264 e. The Hall–Kier alpha value is -4.43. The van der Waals surface area contributed by atoms with Crippen LogP contribution < -0.4 is 9.62 Å². The molecule has 0 aromatic heterocycles. The van der Waals surface area contributed by atoms with Gasteiger partial charge in [-0.1, -0.05) is 96.9 Å². The SMILES string of the molecule is CCC(C)NC(=O)C(Cc1ccccc1)N(Cc1ccccc1C)C(=O)CN(c1ccc(C)cc1)S(=O)(=O)c1ccc(C)cc1. The van der Waals surface area contributed by atoms with Gasteiger partial charge in [-0.3, -0.25) is 13.9 Å². The molecule has 4 rings (SSSR count). The van der Waals surface area contributed by atoms with Gasteiger partial charge in [0.2, 0.25) is 11.8 Å². The van der Waals surface area contributed by atoms with Crippen LogP contribution in [0, 0.1) is 20.8 Å². The number of nitrogens with zero attached hydrogens (tertiary/aromatic N) is 2. The first-order valence-electron chi connectivity index (χ1n) is 15.3. The molecule has 0 fully saturated rings. The molecule has 4 aromatic carbocycles. The average Bonchev–Trinajstić information content (AvgIpc) is 3.03. The van der Waals surface area contributed by atoms with E-state index in [9.17, 15) is 18.0 Å². The van der Waals surface area contributed by atoms with Crippen LogP contribution in [0.4, 0.5) is 5.69 Å². The van der Waals surface area contributed by atoms with Crippen molar-refractivity contribution in [1.29, 1.82) is 0 Å². The van der Waals surface area contributed by atoms with E-state index < -0.39 is 28.5 Å². The van der Waals surface area contributed by atoms with Gasteiger partial charge in [0.05, 0.1) is 10.6 Å². The van der Waals surface area contributed by atoms with Crippen LogP contribution in [-0.2, 0) is 32.6 Å². The molecule has 8 heteroatoms. The first-order chi connectivity index (χ1) is 21.5. The molecule has 2 amide bonds. The predicted molar refractivity (Wildman–Crippen MR) is 180 cm³/mol. The van der Waals surface area contributed by atoms with E-state index in [-0.39, 0.29) is 29.8 Å². The number of hydrogen-bond acceptors (Lipinski definition) is 4. The van der Waals surface area contributed by atoms with Crippen molar-refractivity contribution in [2.45, 2.75) is 71.0 Å². The van der Waals surface area contributed by atoms with Gasteiger partial charge in [-0.05, 0) is 75.1 Å². The van der Waals surface area contributed by atoms with Gasteiger partial charge in [0, 0.05) is 19.0 Å². The molecule has 0 aliphatic carbocycles. The minimum Gasteiger partial charge on any atom is -0.352 e. The molecule has 0 spiro atoms. The van der Waals surface area contributed by atoms with Gasteiger partial charge in [-0.25, -0.2) is 8.42 Å². The van der Waals surface area contributed by atoms with Crippen molar-refractivity contribution < 1.29 is 18.0 Å². The standard InChI is InChI=1S/C37H43N3O4S/c1-6-30(5)38-37(42)35(24-31-13-8-7-9-14-31)39(25-32-15-11-10-12-29(32)4)36(41)26-40(33-20-16-27(2)17-21-33)45(43,44)34-22-18-28(3)19-23-34/h7-23,30,35H,6,24-26H2,1-5H3,(H,38,42). The predicted octanol–water partition coefficient (Wildman–Crippen LogP) is 6.36. The summed E-state index contributed by atoms with van der Waals surface area (Å²) in [5.74, 6) is -0.756. The van der Waals surface area contributed by atoms with Gasteiger partial charge in [0.1, 0.15) is 12.6 Å². The van der Waals surface area contributed by atoms with Gasteiger partial charge in [-0.2, -0.15) is 0 Å². The van der Waals surface area contributed by atoms with Gasteiger partial charge in [0.15, 0.2) is 0 Å². The molecule has 2 unspecified atom stereocenters. The van der Waals surface area contributed by atoms with Crippen LogP contribution in [0.1, 0.15) is 48.1 Å². The Morgan fingerprint density at radius 3 is 1.96 bits per heavy atom. The third kappa shape index (κ3) is 8.60. The van der Waals surface area contributed by atoms with Gasteiger partial charge in [0.25, 0.3) is 10.0 Å². The Balaban J connectivity index is 1.81. The van der Waals surface area contributed by atoms with Crippen molar-refractivity contribution in [3.63, 3.8) is 0 Å². The van der Waals surface area contributed by atoms with Crippen LogP contribution in [0.2, 0.25) is 0 Å². The lowest BCUT2D eigenvalue weighted by Crippen LogP contribution is -2.54. The number of hydrogen-bond donors (Lipinski definition) is 1. The van der Waals surface area contributed by atoms with E-state index in [0.717, 1.165) is 38.5 Å². The second kappa shape index (κ2) is 15.0. The Bertz CT molecular complexity index is 1690. The molecule has 45 heavy (non-hydrogen) atoms. The molecule has 0 saturated heterocycles. The Morgan fingerprint density at radius 2 is 1.36 bits per heavy atom.